The largest absolute Gasteiger partial charge is 0.351 e. The van der Waals surface area contributed by atoms with E-state index in [1.807, 2.05) is 24.3 Å². The third-order valence-electron chi connectivity index (χ3n) is 6.10. The predicted molar refractivity (Wildman–Crippen MR) is 115 cm³/mol. The van der Waals surface area contributed by atoms with Gasteiger partial charge in [-0.25, -0.2) is 0 Å². The first-order valence-corrected chi connectivity index (χ1v) is 10.6. The highest BCUT2D eigenvalue weighted by molar-refractivity contribution is 5.94. The van der Waals surface area contributed by atoms with E-state index in [1.165, 1.54) is 36.0 Å². The van der Waals surface area contributed by atoms with Crippen LogP contribution in [0.2, 0.25) is 0 Å². The van der Waals surface area contributed by atoms with Crippen LogP contribution in [0.4, 0.5) is 0 Å². The monoisotopic (exact) mass is 386 g/mol. The van der Waals surface area contributed by atoms with E-state index >= 15 is 0 Å². The maximum atomic E-state index is 12.5. The fourth-order valence-corrected chi connectivity index (χ4v) is 4.50. The fourth-order valence-electron chi connectivity index (χ4n) is 4.50. The number of aromatic nitrogens is 2. The summed E-state index contributed by atoms with van der Waals surface area (Å²) >= 11 is 0. The van der Waals surface area contributed by atoms with Crippen molar-refractivity contribution < 1.29 is 4.79 Å². The maximum absolute atomic E-state index is 12.5. The second-order valence-electron chi connectivity index (χ2n) is 8.00. The SMILES string of the molecule is O=C(NCCN1CCCCC1)c1ccc(-c2n[nH]c3c2Cc2ccccc2-3)cc1. The zero-order valence-electron chi connectivity index (χ0n) is 16.6. The average Bonchev–Trinajstić information content (AvgIpc) is 3.34. The molecule has 1 fully saturated rings. The number of fused-ring (bicyclic) bond motifs is 3. The summed E-state index contributed by atoms with van der Waals surface area (Å²) in [5, 5.41) is 10.8. The lowest BCUT2D eigenvalue weighted by atomic mass is 10.0. The number of likely N-dealkylation sites (tertiary alicyclic amines) is 1. The first-order valence-electron chi connectivity index (χ1n) is 10.6. The lowest BCUT2D eigenvalue weighted by molar-refractivity contribution is 0.0946. The minimum absolute atomic E-state index is 0.00628. The van der Waals surface area contributed by atoms with Crippen molar-refractivity contribution in [2.24, 2.45) is 0 Å². The molecule has 1 aromatic heterocycles. The minimum atomic E-state index is -0.00628. The van der Waals surface area contributed by atoms with E-state index in [0.717, 1.165) is 43.0 Å². The van der Waals surface area contributed by atoms with Gasteiger partial charge in [-0.05, 0) is 43.6 Å². The summed E-state index contributed by atoms with van der Waals surface area (Å²) in [4.78, 5) is 14.9. The van der Waals surface area contributed by atoms with Crippen molar-refractivity contribution in [1.82, 2.24) is 20.4 Å². The van der Waals surface area contributed by atoms with Gasteiger partial charge in [-0.2, -0.15) is 5.10 Å². The number of nitrogens with zero attached hydrogens (tertiary/aromatic N) is 2. The Labute approximate surface area is 171 Å². The number of piperidine rings is 1. The quantitative estimate of drug-likeness (QED) is 0.547. The molecule has 5 rings (SSSR count). The van der Waals surface area contributed by atoms with Gasteiger partial charge in [0, 0.05) is 41.8 Å². The molecule has 148 valence electrons. The van der Waals surface area contributed by atoms with Crippen LogP contribution in [0, 0.1) is 0 Å². The normalized spacial score (nSPS) is 15.7. The van der Waals surface area contributed by atoms with Crippen molar-refractivity contribution in [3.63, 3.8) is 0 Å². The Balaban J connectivity index is 1.24. The van der Waals surface area contributed by atoms with E-state index in [0.29, 0.717) is 12.1 Å². The van der Waals surface area contributed by atoms with E-state index < -0.39 is 0 Å². The van der Waals surface area contributed by atoms with E-state index in [1.54, 1.807) is 0 Å². The standard InChI is InChI=1S/C24H26N4O/c29-24(25-12-15-28-13-4-1-5-14-28)18-10-8-17(9-11-18)22-21-16-19-6-2-3-7-20(19)23(21)27-26-22/h2-3,6-11H,1,4-5,12-16H2,(H,25,29)(H,26,27). The Kier molecular flexibility index (Phi) is 4.90. The van der Waals surface area contributed by atoms with Crippen LogP contribution in [0.5, 0.6) is 0 Å². The first kappa shape index (κ1) is 18.1. The smallest absolute Gasteiger partial charge is 0.251 e. The number of hydrogen-bond donors (Lipinski definition) is 2. The number of carbonyl (C=O) groups is 1. The van der Waals surface area contributed by atoms with Crippen LogP contribution < -0.4 is 5.32 Å². The molecular formula is C24H26N4O. The molecule has 5 heteroatoms. The minimum Gasteiger partial charge on any atom is -0.351 e. The predicted octanol–water partition coefficient (Wildman–Crippen LogP) is 3.86. The topological polar surface area (TPSA) is 61.0 Å². The zero-order chi connectivity index (χ0) is 19.6. The van der Waals surface area contributed by atoms with Gasteiger partial charge in [0.05, 0.1) is 11.4 Å². The molecule has 0 spiro atoms. The van der Waals surface area contributed by atoms with Crippen molar-refractivity contribution in [2.45, 2.75) is 25.7 Å². The highest BCUT2D eigenvalue weighted by Gasteiger charge is 2.24. The number of hydrogen-bond acceptors (Lipinski definition) is 3. The summed E-state index contributed by atoms with van der Waals surface area (Å²) in [5.41, 5.74) is 7.66. The van der Waals surface area contributed by atoms with E-state index in [2.05, 4.69) is 44.7 Å². The molecule has 5 nitrogen and oxygen atoms in total. The van der Waals surface area contributed by atoms with Crippen LogP contribution in [0.1, 0.15) is 40.7 Å². The molecule has 2 N–H and O–H groups in total. The van der Waals surface area contributed by atoms with Gasteiger partial charge < -0.3 is 10.2 Å². The Hall–Kier alpha value is -2.92. The van der Waals surface area contributed by atoms with Gasteiger partial charge in [-0.15, -0.1) is 0 Å². The lowest BCUT2D eigenvalue weighted by Crippen LogP contribution is -2.37. The second-order valence-corrected chi connectivity index (χ2v) is 8.00. The molecule has 1 saturated heterocycles. The third-order valence-corrected chi connectivity index (χ3v) is 6.10. The molecule has 3 aromatic rings. The van der Waals surface area contributed by atoms with Crippen molar-refractivity contribution >= 4 is 5.91 Å². The van der Waals surface area contributed by atoms with Crippen LogP contribution in [-0.2, 0) is 6.42 Å². The number of carbonyl (C=O) groups excluding carboxylic acids is 1. The highest BCUT2D eigenvalue weighted by Crippen LogP contribution is 2.39. The van der Waals surface area contributed by atoms with Gasteiger partial charge in [-0.1, -0.05) is 42.8 Å². The molecule has 2 aliphatic rings. The molecule has 0 radical (unpaired) electrons. The van der Waals surface area contributed by atoms with Gasteiger partial charge >= 0.3 is 0 Å². The van der Waals surface area contributed by atoms with Crippen molar-refractivity contribution in [3.8, 4) is 22.5 Å². The second kappa shape index (κ2) is 7.84. The van der Waals surface area contributed by atoms with Gasteiger partial charge in [-0.3, -0.25) is 9.89 Å². The molecule has 2 heterocycles. The van der Waals surface area contributed by atoms with Gasteiger partial charge in [0.25, 0.3) is 5.91 Å². The lowest BCUT2D eigenvalue weighted by Gasteiger charge is -2.26. The fraction of sp³-hybridized carbons (Fsp3) is 0.333. The number of H-pyrrole nitrogens is 1. The van der Waals surface area contributed by atoms with Crippen LogP contribution >= 0.6 is 0 Å². The molecule has 2 aromatic carbocycles. The van der Waals surface area contributed by atoms with Crippen LogP contribution in [0.3, 0.4) is 0 Å². The molecular weight excluding hydrogens is 360 g/mol. The molecule has 0 atom stereocenters. The van der Waals surface area contributed by atoms with Crippen LogP contribution in [0.15, 0.2) is 48.5 Å². The third kappa shape index (κ3) is 3.58. The Morgan fingerprint density at radius 3 is 2.66 bits per heavy atom. The molecule has 0 saturated carbocycles. The molecule has 1 aliphatic heterocycles. The zero-order valence-corrected chi connectivity index (χ0v) is 16.6. The highest BCUT2D eigenvalue weighted by atomic mass is 16.1. The van der Waals surface area contributed by atoms with Gasteiger partial charge in [0.2, 0.25) is 0 Å². The van der Waals surface area contributed by atoms with Gasteiger partial charge in [0.1, 0.15) is 0 Å². The van der Waals surface area contributed by atoms with E-state index in [9.17, 15) is 4.79 Å². The number of nitrogens with one attached hydrogen (secondary N) is 2. The molecule has 0 unspecified atom stereocenters. The summed E-state index contributed by atoms with van der Waals surface area (Å²) in [7, 11) is 0. The Morgan fingerprint density at radius 2 is 1.83 bits per heavy atom. The average molecular weight is 386 g/mol. The summed E-state index contributed by atoms with van der Waals surface area (Å²) in [6, 6.07) is 16.2. The van der Waals surface area contributed by atoms with Gasteiger partial charge in [0.15, 0.2) is 0 Å². The number of amides is 1. The van der Waals surface area contributed by atoms with E-state index in [4.69, 9.17) is 0 Å². The summed E-state index contributed by atoms with van der Waals surface area (Å²) in [6.07, 6.45) is 4.78. The molecule has 1 amide bonds. The number of benzene rings is 2. The van der Waals surface area contributed by atoms with Crippen molar-refractivity contribution in [3.05, 3.63) is 65.2 Å². The molecule has 29 heavy (non-hydrogen) atoms. The first-order chi connectivity index (χ1) is 14.3. The number of aromatic amines is 1. The van der Waals surface area contributed by atoms with Crippen LogP contribution in [0.25, 0.3) is 22.5 Å². The molecule has 0 bridgehead atoms. The number of rotatable bonds is 5. The van der Waals surface area contributed by atoms with Crippen LogP contribution in [-0.4, -0.2) is 47.2 Å². The Morgan fingerprint density at radius 1 is 1.03 bits per heavy atom. The van der Waals surface area contributed by atoms with Crippen molar-refractivity contribution in [2.75, 3.05) is 26.2 Å². The summed E-state index contributed by atoms with van der Waals surface area (Å²) in [6.45, 7) is 3.94. The molecule has 1 aliphatic carbocycles. The summed E-state index contributed by atoms with van der Waals surface area (Å²) < 4.78 is 0. The Bertz CT molecular complexity index is 1020. The maximum Gasteiger partial charge on any atom is 0.251 e. The summed E-state index contributed by atoms with van der Waals surface area (Å²) in [5.74, 6) is -0.00628. The van der Waals surface area contributed by atoms with E-state index in [-0.39, 0.29) is 5.91 Å². The van der Waals surface area contributed by atoms with Crippen molar-refractivity contribution in [1.29, 1.82) is 0 Å².